The van der Waals surface area contributed by atoms with Gasteiger partial charge < -0.3 is 0 Å². The maximum Gasteiger partial charge on any atom is 0.0346 e. The molecule has 0 aliphatic heterocycles. The van der Waals surface area contributed by atoms with Crippen LogP contribution in [0.1, 0.15) is 41.0 Å². The van der Waals surface area contributed by atoms with E-state index >= 15 is 0 Å². The van der Waals surface area contributed by atoms with E-state index in [1.54, 1.807) is 0 Å². The second kappa shape index (κ2) is 6.28. The number of terminal acetylenes is 1. The summed E-state index contributed by atoms with van der Waals surface area (Å²) >= 11 is 1.95. The van der Waals surface area contributed by atoms with Crippen molar-refractivity contribution in [1.82, 2.24) is 0 Å². The zero-order valence-corrected chi connectivity index (χ0v) is 11.6. The molecule has 0 spiro atoms. The topological polar surface area (TPSA) is 0 Å². The van der Waals surface area contributed by atoms with Crippen molar-refractivity contribution in [1.29, 1.82) is 0 Å². The largest absolute Gasteiger partial charge is 0.151 e. The zero-order valence-electron chi connectivity index (χ0n) is 10.8. The van der Waals surface area contributed by atoms with Gasteiger partial charge in [0.05, 0.1) is 0 Å². The summed E-state index contributed by atoms with van der Waals surface area (Å²) in [5.74, 6) is 4.93. The molecule has 0 aromatic heterocycles. The molecule has 15 heavy (non-hydrogen) atoms. The van der Waals surface area contributed by atoms with E-state index in [0.717, 1.165) is 12.2 Å². The molecule has 1 heteroatoms. The first-order valence-corrected chi connectivity index (χ1v) is 6.62. The van der Waals surface area contributed by atoms with Crippen LogP contribution in [0.25, 0.3) is 0 Å². The maximum atomic E-state index is 5.59. The molecule has 0 heterocycles. The van der Waals surface area contributed by atoms with Gasteiger partial charge in [-0.05, 0) is 31.9 Å². The van der Waals surface area contributed by atoms with Crippen LogP contribution in [0, 0.1) is 24.2 Å². The molecule has 0 nitrogen and oxygen atoms in total. The van der Waals surface area contributed by atoms with Gasteiger partial charge in [-0.1, -0.05) is 32.9 Å². The van der Waals surface area contributed by atoms with Crippen LogP contribution in [0.5, 0.6) is 0 Å². The Balaban J connectivity index is 4.68. The lowest BCUT2D eigenvalue weighted by Crippen LogP contribution is -2.27. The predicted molar refractivity (Wildman–Crippen MR) is 73.1 cm³/mol. The molecule has 0 bridgehead atoms. The fourth-order valence-electron chi connectivity index (χ4n) is 1.58. The third kappa shape index (κ3) is 4.34. The monoisotopic (exact) mass is 224 g/mol. The summed E-state index contributed by atoms with van der Waals surface area (Å²) in [6.07, 6.45) is 6.62. The van der Waals surface area contributed by atoms with Gasteiger partial charge >= 0.3 is 0 Å². The Morgan fingerprint density at radius 1 is 1.53 bits per heavy atom. The summed E-state index contributed by atoms with van der Waals surface area (Å²) in [5.41, 5.74) is 1.23. The molecule has 0 aliphatic carbocycles. The molecule has 0 N–H and O–H groups in total. The summed E-state index contributed by atoms with van der Waals surface area (Å²) in [6.45, 7) is 15.0. The fourth-order valence-corrected chi connectivity index (χ4v) is 2.76. The highest BCUT2D eigenvalue weighted by Gasteiger charge is 2.29. The van der Waals surface area contributed by atoms with Crippen molar-refractivity contribution in [2.45, 2.75) is 45.8 Å². The lowest BCUT2D eigenvalue weighted by atomic mass is 9.84. The summed E-state index contributed by atoms with van der Waals surface area (Å²) in [4.78, 5) is 0. The van der Waals surface area contributed by atoms with E-state index in [1.165, 1.54) is 5.57 Å². The van der Waals surface area contributed by atoms with Gasteiger partial charge in [0, 0.05) is 10.7 Å². The van der Waals surface area contributed by atoms with Crippen LogP contribution >= 0.6 is 11.8 Å². The molecule has 0 radical (unpaired) electrons. The van der Waals surface area contributed by atoms with Gasteiger partial charge in [-0.25, -0.2) is 0 Å². The minimum atomic E-state index is 0.135. The molecule has 86 valence electrons. The highest BCUT2D eigenvalue weighted by atomic mass is 32.2. The van der Waals surface area contributed by atoms with Gasteiger partial charge in [0.25, 0.3) is 0 Å². The Morgan fingerprint density at radius 2 is 2.07 bits per heavy atom. The number of thioether (sulfide) groups is 1. The summed E-state index contributed by atoms with van der Waals surface area (Å²) in [6, 6.07) is 0. The van der Waals surface area contributed by atoms with E-state index in [9.17, 15) is 0 Å². The molecule has 0 fully saturated rings. The Morgan fingerprint density at radius 3 is 2.33 bits per heavy atom. The standard InChI is InChI=1S/C14H24S/c1-8-13(11(3)4)10-14(7,12(5)6)15-9-2/h1,11,13H,5,9-10H2,2-4,6-7H3. The molecule has 0 rings (SSSR count). The normalized spacial score (nSPS) is 16.9. The van der Waals surface area contributed by atoms with E-state index < -0.39 is 0 Å². The van der Waals surface area contributed by atoms with E-state index in [-0.39, 0.29) is 4.75 Å². The van der Waals surface area contributed by atoms with Gasteiger partial charge in [-0.2, -0.15) is 11.8 Å². The number of rotatable bonds is 6. The average Bonchev–Trinajstić information content (AvgIpc) is 2.14. The Labute approximate surface area is 99.9 Å². The van der Waals surface area contributed by atoms with Gasteiger partial charge in [-0.15, -0.1) is 12.3 Å². The maximum absolute atomic E-state index is 5.59. The third-order valence-corrected chi connectivity index (χ3v) is 4.43. The predicted octanol–water partition coefficient (Wildman–Crippen LogP) is 4.37. The van der Waals surface area contributed by atoms with Crippen molar-refractivity contribution >= 4 is 11.8 Å². The van der Waals surface area contributed by atoms with Crippen LogP contribution in [0.4, 0.5) is 0 Å². The molecule has 2 atom stereocenters. The molecule has 0 aliphatic rings. The van der Waals surface area contributed by atoms with Crippen LogP contribution < -0.4 is 0 Å². The molecular weight excluding hydrogens is 200 g/mol. The Bertz CT molecular complexity index is 247. The first kappa shape index (κ1) is 14.6. The van der Waals surface area contributed by atoms with Crippen molar-refractivity contribution in [2.24, 2.45) is 11.8 Å². The minimum Gasteiger partial charge on any atom is -0.151 e. The number of hydrogen-bond donors (Lipinski definition) is 0. The van der Waals surface area contributed by atoms with Gasteiger partial charge in [-0.3, -0.25) is 0 Å². The minimum absolute atomic E-state index is 0.135. The van der Waals surface area contributed by atoms with Gasteiger partial charge in [0.15, 0.2) is 0 Å². The van der Waals surface area contributed by atoms with Crippen molar-refractivity contribution in [3.05, 3.63) is 12.2 Å². The van der Waals surface area contributed by atoms with Crippen LogP contribution in [0.2, 0.25) is 0 Å². The lowest BCUT2D eigenvalue weighted by molar-refractivity contribution is 0.420. The van der Waals surface area contributed by atoms with Crippen LogP contribution in [-0.4, -0.2) is 10.5 Å². The van der Waals surface area contributed by atoms with Crippen LogP contribution in [0.3, 0.4) is 0 Å². The van der Waals surface area contributed by atoms with E-state index in [2.05, 4.69) is 47.1 Å². The van der Waals surface area contributed by atoms with Gasteiger partial charge in [0.2, 0.25) is 0 Å². The molecule has 0 aromatic carbocycles. The molecule has 0 aromatic rings. The third-order valence-electron chi connectivity index (χ3n) is 2.99. The Hall–Kier alpha value is -0.350. The quantitative estimate of drug-likeness (QED) is 0.477. The second-order valence-corrected chi connectivity index (χ2v) is 6.43. The zero-order chi connectivity index (χ0) is 12.1. The number of hydrogen-bond acceptors (Lipinski definition) is 1. The van der Waals surface area contributed by atoms with Crippen molar-refractivity contribution in [3.8, 4) is 12.3 Å². The van der Waals surface area contributed by atoms with Crippen molar-refractivity contribution < 1.29 is 0 Å². The second-order valence-electron chi connectivity index (χ2n) is 4.67. The highest BCUT2D eigenvalue weighted by Crippen LogP contribution is 2.38. The summed E-state index contributed by atoms with van der Waals surface area (Å²) in [7, 11) is 0. The summed E-state index contributed by atoms with van der Waals surface area (Å²) < 4.78 is 0.135. The van der Waals surface area contributed by atoms with E-state index in [4.69, 9.17) is 6.42 Å². The first-order valence-electron chi connectivity index (χ1n) is 5.63. The smallest absolute Gasteiger partial charge is 0.0346 e. The van der Waals surface area contributed by atoms with Crippen LogP contribution in [0.15, 0.2) is 12.2 Å². The average molecular weight is 224 g/mol. The molecule has 0 saturated heterocycles. The molecule has 0 amide bonds. The molecular formula is C14H24S. The van der Waals surface area contributed by atoms with Gasteiger partial charge in [0.1, 0.15) is 0 Å². The summed E-state index contributed by atoms with van der Waals surface area (Å²) in [5, 5.41) is 0. The molecule has 2 unspecified atom stereocenters. The molecule has 0 saturated carbocycles. The SMILES string of the molecule is C#CC(CC(C)(SCC)C(=C)C)C(C)C. The van der Waals surface area contributed by atoms with Crippen LogP contribution in [-0.2, 0) is 0 Å². The van der Waals surface area contributed by atoms with Crippen molar-refractivity contribution in [2.75, 3.05) is 5.75 Å². The first-order chi connectivity index (χ1) is 6.87. The lowest BCUT2D eigenvalue weighted by Gasteiger charge is -2.33. The van der Waals surface area contributed by atoms with Crippen molar-refractivity contribution in [3.63, 3.8) is 0 Å². The van der Waals surface area contributed by atoms with E-state index in [1.807, 2.05) is 11.8 Å². The highest BCUT2D eigenvalue weighted by molar-refractivity contribution is 8.00. The Kier molecular flexibility index (Phi) is 6.13. The van der Waals surface area contributed by atoms with E-state index in [0.29, 0.717) is 11.8 Å². The fraction of sp³-hybridized carbons (Fsp3) is 0.714.